The second-order valence-electron chi connectivity index (χ2n) is 8.59. The van der Waals surface area contributed by atoms with E-state index in [1.165, 1.54) is 0 Å². The molecule has 2 bridgehead atoms. The average Bonchev–Trinajstić information content (AvgIpc) is 2.72. The summed E-state index contributed by atoms with van der Waals surface area (Å²) in [5, 5.41) is 39.2. The molecule has 0 aromatic heterocycles. The molecule has 0 amide bonds. The van der Waals surface area contributed by atoms with Crippen molar-refractivity contribution in [2.75, 3.05) is 0 Å². The van der Waals surface area contributed by atoms with Gasteiger partial charge in [-0.2, -0.15) is 15.8 Å². The lowest BCUT2D eigenvalue weighted by molar-refractivity contribution is -0.350. The molecule has 4 fully saturated rings. The van der Waals surface area contributed by atoms with E-state index >= 15 is 0 Å². The van der Waals surface area contributed by atoms with Gasteiger partial charge in [0.1, 0.15) is 6.10 Å². The van der Waals surface area contributed by atoms with Crippen LogP contribution in [0.4, 0.5) is 0 Å². The van der Waals surface area contributed by atoms with Gasteiger partial charge < -0.3 is 9.47 Å². The van der Waals surface area contributed by atoms with Gasteiger partial charge in [-0.25, -0.2) is 0 Å². The summed E-state index contributed by atoms with van der Waals surface area (Å²) >= 11 is 0. The van der Waals surface area contributed by atoms with E-state index in [1.54, 1.807) is 0 Å². The summed E-state index contributed by atoms with van der Waals surface area (Å²) in [5.74, 6) is -1.58. The van der Waals surface area contributed by atoms with Crippen LogP contribution < -0.4 is 0 Å². The third-order valence-corrected chi connectivity index (χ3v) is 7.30. The summed E-state index contributed by atoms with van der Waals surface area (Å²) < 4.78 is 12.4. The van der Waals surface area contributed by atoms with Gasteiger partial charge in [0, 0.05) is 6.42 Å². The summed E-state index contributed by atoms with van der Waals surface area (Å²) in [6, 6.07) is 6.55. The van der Waals surface area contributed by atoms with E-state index in [0.29, 0.717) is 25.2 Å². The quantitative estimate of drug-likeness (QED) is 0.728. The van der Waals surface area contributed by atoms with Crippen molar-refractivity contribution >= 4 is 5.90 Å². The van der Waals surface area contributed by atoms with Crippen molar-refractivity contribution in [1.82, 2.24) is 0 Å². The summed E-state index contributed by atoms with van der Waals surface area (Å²) in [4.78, 5) is 0. The molecule has 0 radical (unpaired) electrons. The van der Waals surface area contributed by atoms with Gasteiger partial charge in [0.15, 0.2) is 10.8 Å². The Balaban J connectivity index is 1.87. The Morgan fingerprint density at radius 2 is 1.96 bits per heavy atom. The van der Waals surface area contributed by atoms with Gasteiger partial charge in [-0.3, -0.25) is 5.41 Å². The SMILES string of the molecule is C=C(C)[C@@H]1CC=C([C@@H]2O[C@@]34CCCC[C@@H]3C(C#N)(C#N)[C@@]2(C#N)C(=N)O4)CC1. The molecule has 5 atom stereocenters. The van der Waals surface area contributed by atoms with Crippen molar-refractivity contribution in [2.45, 2.75) is 63.8 Å². The summed E-state index contributed by atoms with van der Waals surface area (Å²) in [5.41, 5.74) is -1.35. The van der Waals surface area contributed by atoms with Crippen LogP contribution in [0.3, 0.4) is 0 Å². The molecule has 0 unspecified atom stereocenters. The molecule has 0 aromatic rings. The molecular formula is C22H24N4O2. The van der Waals surface area contributed by atoms with Crippen LogP contribution >= 0.6 is 0 Å². The zero-order chi connectivity index (χ0) is 20.2. The second-order valence-corrected chi connectivity index (χ2v) is 8.59. The topological polar surface area (TPSA) is 114 Å². The molecule has 3 aliphatic heterocycles. The number of hydrogen-bond acceptors (Lipinski definition) is 6. The highest BCUT2D eigenvalue weighted by Gasteiger charge is 2.80. The van der Waals surface area contributed by atoms with Crippen LogP contribution in [0.2, 0.25) is 0 Å². The summed E-state index contributed by atoms with van der Waals surface area (Å²) in [6.07, 6.45) is 6.47. The Labute approximate surface area is 165 Å². The van der Waals surface area contributed by atoms with E-state index in [4.69, 9.17) is 14.9 Å². The van der Waals surface area contributed by atoms with Crippen molar-refractivity contribution in [3.8, 4) is 18.2 Å². The number of allylic oxidation sites excluding steroid dienone is 2. The van der Waals surface area contributed by atoms with E-state index < -0.39 is 28.6 Å². The fourth-order valence-corrected chi connectivity index (χ4v) is 5.72. The summed E-state index contributed by atoms with van der Waals surface area (Å²) in [6.45, 7) is 6.06. The lowest BCUT2D eigenvalue weighted by atomic mass is 9.48. The molecule has 5 rings (SSSR count). The first kappa shape index (κ1) is 18.7. The largest absolute Gasteiger partial charge is 0.447 e. The minimum atomic E-state index is -1.73. The minimum Gasteiger partial charge on any atom is -0.447 e. The van der Waals surface area contributed by atoms with E-state index in [9.17, 15) is 15.8 Å². The van der Waals surface area contributed by atoms with E-state index in [0.717, 1.165) is 36.8 Å². The second kappa shape index (κ2) is 6.20. The van der Waals surface area contributed by atoms with Crippen LogP contribution in [0.15, 0.2) is 23.8 Å². The van der Waals surface area contributed by atoms with E-state index in [-0.39, 0.29) is 5.90 Å². The third kappa shape index (κ3) is 2.06. The smallest absolute Gasteiger partial charge is 0.218 e. The molecule has 0 aromatic carbocycles. The summed E-state index contributed by atoms with van der Waals surface area (Å²) in [7, 11) is 0. The van der Waals surface area contributed by atoms with Crippen LogP contribution in [0.25, 0.3) is 0 Å². The first-order valence-corrected chi connectivity index (χ1v) is 9.94. The Hall–Kier alpha value is -2.62. The molecule has 3 heterocycles. The van der Waals surface area contributed by atoms with Crippen molar-refractivity contribution in [2.24, 2.45) is 22.7 Å². The zero-order valence-corrected chi connectivity index (χ0v) is 16.1. The number of rotatable bonds is 2. The van der Waals surface area contributed by atoms with Gasteiger partial charge in [0.25, 0.3) is 0 Å². The van der Waals surface area contributed by atoms with Gasteiger partial charge in [-0.15, -0.1) is 0 Å². The average molecular weight is 376 g/mol. The van der Waals surface area contributed by atoms with E-state index in [1.807, 2.05) is 6.92 Å². The Kier molecular flexibility index (Phi) is 4.14. The molecule has 144 valence electrons. The molecule has 6 nitrogen and oxygen atoms in total. The predicted octanol–water partition coefficient (Wildman–Crippen LogP) is 4.13. The molecule has 2 aliphatic carbocycles. The number of nitriles is 3. The number of fused-ring (bicyclic) bond motifs is 2. The number of nitrogens with zero attached hydrogens (tertiary/aromatic N) is 3. The van der Waals surface area contributed by atoms with Crippen LogP contribution in [-0.4, -0.2) is 17.8 Å². The highest BCUT2D eigenvalue weighted by atomic mass is 16.7. The minimum absolute atomic E-state index is 0.282. The molecule has 1 N–H and O–H groups in total. The normalized spacial score (nSPS) is 40.7. The first-order chi connectivity index (χ1) is 13.4. The van der Waals surface area contributed by atoms with Crippen molar-refractivity contribution < 1.29 is 9.47 Å². The van der Waals surface area contributed by atoms with Crippen LogP contribution in [-0.2, 0) is 9.47 Å². The van der Waals surface area contributed by atoms with Crippen LogP contribution in [0.1, 0.15) is 51.9 Å². The van der Waals surface area contributed by atoms with Crippen molar-refractivity contribution in [1.29, 1.82) is 21.2 Å². The van der Waals surface area contributed by atoms with Crippen LogP contribution in [0.5, 0.6) is 0 Å². The molecule has 1 spiro atoms. The fourth-order valence-electron chi connectivity index (χ4n) is 5.72. The Morgan fingerprint density at radius 1 is 1.21 bits per heavy atom. The van der Waals surface area contributed by atoms with Gasteiger partial charge in [-0.05, 0) is 50.5 Å². The lowest BCUT2D eigenvalue weighted by Crippen LogP contribution is -2.76. The Morgan fingerprint density at radius 3 is 2.54 bits per heavy atom. The maximum atomic E-state index is 10.3. The molecule has 28 heavy (non-hydrogen) atoms. The third-order valence-electron chi connectivity index (χ3n) is 7.30. The highest BCUT2D eigenvalue weighted by molar-refractivity contribution is 5.89. The number of ether oxygens (including phenoxy) is 2. The molecule has 3 saturated heterocycles. The molecule has 1 saturated carbocycles. The van der Waals surface area contributed by atoms with Crippen molar-refractivity contribution in [3.63, 3.8) is 0 Å². The number of hydrogen-bond donors (Lipinski definition) is 1. The molecule has 5 aliphatic rings. The molecular weight excluding hydrogens is 352 g/mol. The fraction of sp³-hybridized carbons (Fsp3) is 0.636. The van der Waals surface area contributed by atoms with Gasteiger partial charge >= 0.3 is 0 Å². The zero-order valence-electron chi connectivity index (χ0n) is 16.1. The lowest BCUT2D eigenvalue weighted by Gasteiger charge is -2.64. The van der Waals surface area contributed by atoms with E-state index in [2.05, 4.69) is 30.9 Å². The van der Waals surface area contributed by atoms with Gasteiger partial charge in [-0.1, -0.05) is 24.6 Å². The maximum Gasteiger partial charge on any atom is 0.218 e. The molecule has 6 heteroatoms. The standard InChI is InChI=1S/C22H24N4O2/c1-14(2)15-6-8-16(9-7-15)18-21(13-25)19(26)28-22(27-18)10-4-3-5-17(22)20(21,11-23)12-24/h8,15,17-18,26H,1,3-7,9-10H2,2H3/t15-,17-,18+,21-,22-/m1/s1. The van der Waals surface area contributed by atoms with Crippen molar-refractivity contribution in [3.05, 3.63) is 23.8 Å². The predicted molar refractivity (Wildman–Crippen MR) is 100 cm³/mol. The Bertz CT molecular complexity index is 887. The monoisotopic (exact) mass is 376 g/mol. The van der Waals surface area contributed by atoms with Gasteiger partial charge in [0.05, 0.1) is 24.1 Å². The highest BCUT2D eigenvalue weighted by Crippen LogP contribution is 2.67. The maximum absolute atomic E-state index is 10.3. The first-order valence-electron chi connectivity index (χ1n) is 9.94. The number of nitrogens with one attached hydrogen (secondary N) is 1. The van der Waals surface area contributed by atoms with Crippen LogP contribution in [0, 0.1) is 62.1 Å². The van der Waals surface area contributed by atoms with Gasteiger partial charge in [0.2, 0.25) is 11.7 Å².